The molecule has 1 aromatic heterocycles. The minimum absolute atomic E-state index is 0.00466. The molecule has 2 heterocycles. The number of aromatic nitrogens is 1. The van der Waals surface area contributed by atoms with Gasteiger partial charge in [-0.15, -0.1) is 0 Å². The Morgan fingerprint density at radius 1 is 0.581 bits per heavy atom. The number of rotatable bonds is 5. The molecule has 3 aliphatic rings. The average molecular weight is 561 g/mol. The van der Waals surface area contributed by atoms with Gasteiger partial charge in [0.25, 0.3) is 0 Å². The Morgan fingerprint density at radius 2 is 1.23 bits per heavy atom. The summed E-state index contributed by atoms with van der Waals surface area (Å²) in [6, 6.07) is 39.2. The Balaban J connectivity index is 1.17. The van der Waals surface area contributed by atoms with Crippen molar-refractivity contribution in [1.29, 1.82) is 0 Å². The van der Waals surface area contributed by atoms with Crippen LogP contribution in [-0.2, 0) is 6.42 Å². The molecule has 4 nitrogen and oxygen atoms in total. The molecule has 0 saturated carbocycles. The van der Waals surface area contributed by atoms with Gasteiger partial charge in [0.05, 0.1) is 24.0 Å². The van der Waals surface area contributed by atoms with Crippen LogP contribution in [0.2, 0.25) is 0 Å². The van der Waals surface area contributed by atoms with Gasteiger partial charge >= 0.3 is 0 Å². The number of fused-ring (bicyclic) bond motifs is 3. The first-order chi connectivity index (χ1) is 21.3. The minimum atomic E-state index is -0.0414. The molecule has 1 fully saturated rings. The lowest BCUT2D eigenvalue weighted by Gasteiger charge is -2.39. The van der Waals surface area contributed by atoms with E-state index in [0.717, 1.165) is 12.8 Å². The number of hydrogen-bond donors (Lipinski definition) is 3. The van der Waals surface area contributed by atoms with E-state index in [9.17, 15) is 0 Å². The zero-order valence-electron chi connectivity index (χ0n) is 24.1. The quantitative estimate of drug-likeness (QED) is 0.203. The van der Waals surface area contributed by atoms with Crippen molar-refractivity contribution in [3.05, 3.63) is 168 Å². The van der Waals surface area contributed by atoms with E-state index in [1.54, 1.807) is 0 Å². The summed E-state index contributed by atoms with van der Waals surface area (Å²) in [5, 5.41) is 12.8. The molecule has 4 atom stereocenters. The van der Waals surface area contributed by atoms with Crippen molar-refractivity contribution in [2.24, 2.45) is 11.8 Å². The van der Waals surface area contributed by atoms with Gasteiger partial charge in [0.2, 0.25) is 0 Å². The van der Waals surface area contributed by atoms with Gasteiger partial charge in [-0.3, -0.25) is 16.0 Å². The number of para-hydroxylation sites is 1. The summed E-state index contributed by atoms with van der Waals surface area (Å²) in [6.45, 7) is 0. The summed E-state index contributed by atoms with van der Waals surface area (Å²) >= 11 is 0. The molecule has 0 radical (unpaired) electrons. The van der Waals surface area contributed by atoms with Crippen LogP contribution in [0.25, 0.3) is 22.7 Å². The van der Waals surface area contributed by atoms with Crippen LogP contribution in [0.5, 0.6) is 0 Å². The van der Waals surface area contributed by atoms with Crippen LogP contribution in [-0.4, -0.2) is 4.57 Å². The van der Waals surface area contributed by atoms with Crippen LogP contribution in [0.15, 0.2) is 140 Å². The predicted octanol–water partition coefficient (Wildman–Crippen LogP) is 8.13. The van der Waals surface area contributed by atoms with Gasteiger partial charge in [-0.25, -0.2) is 0 Å². The van der Waals surface area contributed by atoms with Crippen LogP contribution in [0, 0.1) is 11.8 Å². The summed E-state index contributed by atoms with van der Waals surface area (Å²) in [5.41, 5.74) is 8.88. The molecule has 212 valence electrons. The molecular weight excluding hydrogens is 524 g/mol. The first-order valence-electron chi connectivity index (χ1n) is 15.4. The summed E-state index contributed by atoms with van der Waals surface area (Å²) < 4.78 is 2.46. The molecule has 1 saturated heterocycles. The first kappa shape index (κ1) is 26.2. The van der Waals surface area contributed by atoms with E-state index in [0.29, 0.717) is 11.8 Å². The Labute approximate surface area is 253 Å². The lowest BCUT2D eigenvalue weighted by Crippen LogP contribution is -2.54. The summed E-state index contributed by atoms with van der Waals surface area (Å²) in [5.74, 6) is 1.08. The van der Waals surface area contributed by atoms with E-state index >= 15 is 0 Å². The van der Waals surface area contributed by atoms with Gasteiger partial charge in [0.15, 0.2) is 0 Å². The van der Waals surface area contributed by atoms with Crippen molar-refractivity contribution >= 4 is 17.0 Å². The van der Waals surface area contributed by atoms with E-state index in [4.69, 9.17) is 0 Å². The van der Waals surface area contributed by atoms with E-state index in [2.05, 4.69) is 166 Å². The van der Waals surface area contributed by atoms with Crippen LogP contribution in [0.1, 0.15) is 52.9 Å². The first-order valence-corrected chi connectivity index (χ1v) is 15.4. The molecule has 3 N–H and O–H groups in total. The van der Waals surface area contributed by atoms with Gasteiger partial charge in [-0.1, -0.05) is 121 Å². The molecular formula is C39H36N4. The molecule has 43 heavy (non-hydrogen) atoms. The normalized spacial score (nSPS) is 24.7. The van der Waals surface area contributed by atoms with Gasteiger partial charge < -0.3 is 4.57 Å². The van der Waals surface area contributed by atoms with E-state index < -0.39 is 0 Å². The molecule has 0 amide bonds. The standard InChI is InChI=1S/C39H36N4/c1-4-13-27(14-5-1)30-23-24-36-34(26-30)33-21-10-11-22-35(33)43(36)32-20-12-19-31(25-32)39-41-37(28-15-6-2-7-16-28)40-38(42-39)29-17-8-3-9-18-29/h1-13,15-25,27,30,37-42H,14,26H2. The molecule has 4 heteroatoms. The molecule has 4 unspecified atom stereocenters. The number of benzene rings is 4. The zero-order valence-corrected chi connectivity index (χ0v) is 24.1. The molecule has 0 bridgehead atoms. The van der Waals surface area contributed by atoms with E-state index in [1.807, 2.05) is 0 Å². The largest absolute Gasteiger partial charge is 0.310 e. The molecule has 1 aliphatic heterocycles. The third-order valence-electron chi connectivity index (χ3n) is 9.25. The summed E-state index contributed by atoms with van der Waals surface area (Å²) in [7, 11) is 0. The highest BCUT2D eigenvalue weighted by Crippen LogP contribution is 2.39. The van der Waals surface area contributed by atoms with Gasteiger partial charge in [0, 0.05) is 16.8 Å². The Bertz CT molecular complexity index is 1780. The summed E-state index contributed by atoms with van der Waals surface area (Å²) in [6.07, 6.45) is 16.0. The Kier molecular flexibility index (Phi) is 6.88. The Morgan fingerprint density at radius 3 is 1.93 bits per heavy atom. The lowest BCUT2D eigenvalue weighted by molar-refractivity contribution is 0.203. The second-order valence-corrected chi connectivity index (χ2v) is 11.9. The van der Waals surface area contributed by atoms with E-state index in [-0.39, 0.29) is 18.5 Å². The fourth-order valence-electron chi connectivity index (χ4n) is 7.08. The highest BCUT2D eigenvalue weighted by molar-refractivity contribution is 5.90. The zero-order chi connectivity index (χ0) is 28.6. The van der Waals surface area contributed by atoms with Crippen molar-refractivity contribution in [1.82, 2.24) is 20.5 Å². The fourth-order valence-corrected chi connectivity index (χ4v) is 7.08. The van der Waals surface area contributed by atoms with Crippen LogP contribution in [0.3, 0.4) is 0 Å². The highest BCUT2D eigenvalue weighted by atomic mass is 15.4. The SMILES string of the molecule is C1=CCC(C2C=Cc3c(c4ccccc4n3-c3cccc(C4NC(c5ccccc5)NC(c5ccccc5)N4)c3)C2)C=C1. The molecule has 4 aromatic carbocycles. The monoisotopic (exact) mass is 560 g/mol. The number of hydrogen-bond acceptors (Lipinski definition) is 3. The molecule has 8 rings (SSSR count). The van der Waals surface area contributed by atoms with Gasteiger partial charge in [-0.2, -0.15) is 0 Å². The maximum absolute atomic E-state index is 3.84. The average Bonchev–Trinajstić information content (AvgIpc) is 3.43. The third kappa shape index (κ3) is 4.98. The van der Waals surface area contributed by atoms with E-state index in [1.165, 1.54) is 44.5 Å². The molecule has 5 aromatic rings. The number of allylic oxidation sites excluding steroid dienone is 5. The smallest absolute Gasteiger partial charge is 0.0865 e. The lowest BCUT2D eigenvalue weighted by atomic mass is 9.80. The van der Waals surface area contributed by atoms with Gasteiger partial charge in [0.1, 0.15) is 0 Å². The van der Waals surface area contributed by atoms with Crippen molar-refractivity contribution < 1.29 is 0 Å². The highest BCUT2D eigenvalue weighted by Gasteiger charge is 2.30. The molecule has 0 spiro atoms. The van der Waals surface area contributed by atoms with Crippen molar-refractivity contribution in [3.63, 3.8) is 0 Å². The summed E-state index contributed by atoms with van der Waals surface area (Å²) in [4.78, 5) is 0. The maximum Gasteiger partial charge on any atom is 0.0865 e. The van der Waals surface area contributed by atoms with Crippen LogP contribution < -0.4 is 16.0 Å². The topological polar surface area (TPSA) is 41.0 Å². The fraction of sp³-hybridized carbons (Fsp3) is 0.179. The Hall–Kier alpha value is -4.48. The second kappa shape index (κ2) is 11.3. The van der Waals surface area contributed by atoms with Crippen LogP contribution in [0.4, 0.5) is 0 Å². The third-order valence-corrected chi connectivity index (χ3v) is 9.25. The van der Waals surface area contributed by atoms with Crippen molar-refractivity contribution in [3.8, 4) is 5.69 Å². The number of nitrogens with one attached hydrogen (secondary N) is 3. The predicted molar refractivity (Wildman–Crippen MR) is 176 cm³/mol. The minimum Gasteiger partial charge on any atom is -0.310 e. The maximum atomic E-state index is 3.84. The van der Waals surface area contributed by atoms with Crippen molar-refractivity contribution in [2.45, 2.75) is 31.3 Å². The second-order valence-electron chi connectivity index (χ2n) is 11.9. The van der Waals surface area contributed by atoms with Crippen LogP contribution >= 0.6 is 0 Å². The van der Waals surface area contributed by atoms with Crippen molar-refractivity contribution in [2.75, 3.05) is 0 Å². The number of nitrogens with zero attached hydrogens (tertiary/aromatic N) is 1. The molecule has 2 aliphatic carbocycles. The van der Waals surface area contributed by atoms with Gasteiger partial charge in [-0.05, 0) is 71.2 Å².